The summed E-state index contributed by atoms with van der Waals surface area (Å²) in [6.45, 7) is 3.86. The van der Waals surface area contributed by atoms with Crippen molar-refractivity contribution in [2.45, 2.75) is 13.8 Å². The van der Waals surface area contributed by atoms with Gasteiger partial charge < -0.3 is 10.3 Å². The molecule has 2 N–H and O–H groups in total. The molecule has 3 aromatic rings. The standard InChI is InChI=1S/C20H17FN2O2/c1-12-3-9-17(13(2)11-12)22-19(24)16-8-10-18(23-20(16)25)14-4-6-15(21)7-5-14/h3-11H,1-2H3,(H,22,24)(H,23,25). The molecule has 0 unspecified atom stereocenters. The number of hydrogen-bond acceptors (Lipinski definition) is 2. The average molecular weight is 336 g/mol. The number of aromatic nitrogens is 1. The summed E-state index contributed by atoms with van der Waals surface area (Å²) in [5.41, 5.74) is 3.39. The molecule has 0 atom stereocenters. The Labute approximate surface area is 144 Å². The van der Waals surface area contributed by atoms with Crippen LogP contribution in [-0.4, -0.2) is 10.9 Å². The highest BCUT2D eigenvalue weighted by Gasteiger charge is 2.13. The molecule has 0 radical (unpaired) electrons. The Morgan fingerprint density at radius 2 is 1.72 bits per heavy atom. The molecule has 0 saturated heterocycles. The largest absolute Gasteiger partial charge is 0.322 e. The van der Waals surface area contributed by atoms with Crippen molar-refractivity contribution in [1.29, 1.82) is 0 Å². The SMILES string of the molecule is Cc1ccc(NC(=O)c2ccc(-c3ccc(F)cc3)[nH]c2=O)c(C)c1. The van der Waals surface area contributed by atoms with Crippen LogP contribution in [0.15, 0.2) is 59.4 Å². The Morgan fingerprint density at radius 3 is 2.36 bits per heavy atom. The van der Waals surface area contributed by atoms with E-state index >= 15 is 0 Å². The molecule has 3 rings (SSSR count). The van der Waals surface area contributed by atoms with Gasteiger partial charge in [-0.1, -0.05) is 17.7 Å². The third kappa shape index (κ3) is 3.66. The molecule has 1 heterocycles. The molecular weight excluding hydrogens is 319 g/mol. The van der Waals surface area contributed by atoms with Gasteiger partial charge in [0.1, 0.15) is 11.4 Å². The minimum absolute atomic E-state index is 0.0193. The van der Waals surface area contributed by atoms with Crippen molar-refractivity contribution in [3.8, 4) is 11.3 Å². The number of anilines is 1. The minimum atomic E-state index is -0.496. The first-order valence-electron chi connectivity index (χ1n) is 7.82. The summed E-state index contributed by atoms with van der Waals surface area (Å²) in [4.78, 5) is 27.3. The molecule has 4 nitrogen and oxygen atoms in total. The van der Waals surface area contributed by atoms with E-state index in [2.05, 4.69) is 10.3 Å². The number of carbonyl (C=O) groups is 1. The molecule has 126 valence electrons. The molecule has 5 heteroatoms. The van der Waals surface area contributed by atoms with Crippen LogP contribution >= 0.6 is 0 Å². The Kier molecular flexibility index (Phi) is 4.48. The van der Waals surface area contributed by atoms with Crippen LogP contribution in [0.3, 0.4) is 0 Å². The van der Waals surface area contributed by atoms with Gasteiger partial charge in [0.25, 0.3) is 11.5 Å². The summed E-state index contributed by atoms with van der Waals surface area (Å²) in [5.74, 6) is -0.825. The average Bonchev–Trinajstić information content (AvgIpc) is 2.58. The molecule has 2 aromatic carbocycles. The zero-order valence-electron chi connectivity index (χ0n) is 13.9. The number of carbonyl (C=O) groups excluding carboxylic acids is 1. The molecule has 0 spiro atoms. The van der Waals surface area contributed by atoms with Gasteiger partial charge in [0.15, 0.2) is 0 Å². The maximum Gasteiger partial charge on any atom is 0.261 e. The molecule has 25 heavy (non-hydrogen) atoms. The van der Waals surface area contributed by atoms with Gasteiger partial charge in [0.2, 0.25) is 0 Å². The van der Waals surface area contributed by atoms with E-state index < -0.39 is 11.5 Å². The van der Waals surface area contributed by atoms with Crippen LogP contribution in [0, 0.1) is 19.7 Å². The Bertz CT molecular complexity index is 991. The maximum absolute atomic E-state index is 13.0. The van der Waals surface area contributed by atoms with Crippen molar-refractivity contribution in [3.05, 3.63) is 87.5 Å². The van der Waals surface area contributed by atoms with E-state index in [9.17, 15) is 14.0 Å². The lowest BCUT2D eigenvalue weighted by Gasteiger charge is -2.09. The molecule has 0 fully saturated rings. The van der Waals surface area contributed by atoms with Gasteiger partial charge in [-0.05, 0) is 67.4 Å². The lowest BCUT2D eigenvalue weighted by Crippen LogP contribution is -2.23. The summed E-state index contributed by atoms with van der Waals surface area (Å²) in [6, 6.07) is 14.5. The van der Waals surface area contributed by atoms with Crippen LogP contribution in [0.25, 0.3) is 11.3 Å². The number of hydrogen-bond donors (Lipinski definition) is 2. The second-order valence-corrected chi connectivity index (χ2v) is 5.89. The van der Waals surface area contributed by atoms with Gasteiger partial charge in [0.05, 0.1) is 0 Å². The highest BCUT2D eigenvalue weighted by molar-refractivity contribution is 6.04. The fourth-order valence-electron chi connectivity index (χ4n) is 2.59. The van der Waals surface area contributed by atoms with Crippen LogP contribution in [0.5, 0.6) is 0 Å². The second-order valence-electron chi connectivity index (χ2n) is 5.89. The monoisotopic (exact) mass is 336 g/mol. The lowest BCUT2D eigenvalue weighted by atomic mass is 10.1. The number of aryl methyl sites for hydroxylation is 2. The van der Waals surface area contributed by atoms with Crippen molar-refractivity contribution in [1.82, 2.24) is 4.98 Å². The normalized spacial score (nSPS) is 10.5. The van der Waals surface area contributed by atoms with Crippen LogP contribution in [-0.2, 0) is 0 Å². The van der Waals surface area contributed by atoms with Gasteiger partial charge in [-0.15, -0.1) is 0 Å². The highest BCUT2D eigenvalue weighted by atomic mass is 19.1. The molecule has 0 aliphatic carbocycles. The van der Waals surface area contributed by atoms with Crippen molar-refractivity contribution in [3.63, 3.8) is 0 Å². The van der Waals surface area contributed by atoms with E-state index in [1.165, 1.54) is 18.2 Å². The zero-order chi connectivity index (χ0) is 18.0. The Balaban J connectivity index is 1.86. The van der Waals surface area contributed by atoms with Crippen LogP contribution in [0.4, 0.5) is 10.1 Å². The Morgan fingerprint density at radius 1 is 1.00 bits per heavy atom. The summed E-state index contributed by atoms with van der Waals surface area (Å²) < 4.78 is 13.0. The third-order valence-corrected chi connectivity index (χ3v) is 3.94. The molecule has 1 aromatic heterocycles. The van der Waals surface area contributed by atoms with Crippen LogP contribution in [0.2, 0.25) is 0 Å². The number of benzene rings is 2. The first-order valence-corrected chi connectivity index (χ1v) is 7.82. The van der Waals surface area contributed by atoms with E-state index in [0.717, 1.165) is 11.1 Å². The summed E-state index contributed by atoms with van der Waals surface area (Å²) in [5, 5.41) is 2.75. The molecule has 0 aliphatic rings. The number of rotatable bonds is 3. The first-order chi connectivity index (χ1) is 11.9. The zero-order valence-corrected chi connectivity index (χ0v) is 13.9. The minimum Gasteiger partial charge on any atom is -0.322 e. The first kappa shape index (κ1) is 16.6. The van der Waals surface area contributed by atoms with Crippen molar-refractivity contribution in [2.75, 3.05) is 5.32 Å². The molecule has 0 aliphatic heterocycles. The quantitative estimate of drug-likeness (QED) is 0.758. The summed E-state index contributed by atoms with van der Waals surface area (Å²) in [6.07, 6.45) is 0. The Hall–Kier alpha value is -3.21. The van der Waals surface area contributed by atoms with Crippen LogP contribution in [0.1, 0.15) is 21.5 Å². The van der Waals surface area contributed by atoms with Crippen LogP contribution < -0.4 is 10.9 Å². The van der Waals surface area contributed by atoms with Gasteiger partial charge >= 0.3 is 0 Å². The summed E-state index contributed by atoms with van der Waals surface area (Å²) >= 11 is 0. The number of pyridine rings is 1. The fraction of sp³-hybridized carbons (Fsp3) is 0.100. The number of aromatic amines is 1. The van der Waals surface area contributed by atoms with Crippen molar-refractivity contribution >= 4 is 11.6 Å². The second kappa shape index (κ2) is 6.73. The molecule has 0 bridgehead atoms. The smallest absolute Gasteiger partial charge is 0.261 e. The lowest BCUT2D eigenvalue weighted by molar-refractivity contribution is 0.102. The van der Waals surface area contributed by atoms with E-state index in [4.69, 9.17) is 0 Å². The number of H-pyrrole nitrogens is 1. The number of halogens is 1. The van der Waals surface area contributed by atoms with E-state index in [1.807, 2.05) is 32.0 Å². The van der Waals surface area contributed by atoms with E-state index in [0.29, 0.717) is 16.9 Å². The van der Waals surface area contributed by atoms with Crippen molar-refractivity contribution in [2.24, 2.45) is 0 Å². The number of nitrogens with one attached hydrogen (secondary N) is 2. The highest BCUT2D eigenvalue weighted by Crippen LogP contribution is 2.18. The topological polar surface area (TPSA) is 62.0 Å². The van der Waals surface area contributed by atoms with Crippen molar-refractivity contribution < 1.29 is 9.18 Å². The van der Waals surface area contributed by atoms with Gasteiger partial charge in [-0.3, -0.25) is 9.59 Å². The van der Waals surface area contributed by atoms with E-state index in [1.54, 1.807) is 18.2 Å². The van der Waals surface area contributed by atoms with Gasteiger partial charge in [0, 0.05) is 11.4 Å². The maximum atomic E-state index is 13.0. The predicted octanol–water partition coefficient (Wildman–Crippen LogP) is 4.05. The fourth-order valence-corrected chi connectivity index (χ4v) is 2.59. The van der Waals surface area contributed by atoms with Gasteiger partial charge in [-0.25, -0.2) is 4.39 Å². The van der Waals surface area contributed by atoms with Gasteiger partial charge in [-0.2, -0.15) is 0 Å². The third-order valence-electron chi connectivity index (χ3n) is 3.94. The summed E-state index contributed by atoms with van der Waals surface area (Å²) in [7, 11) is 0. The molecule has 0 saturated carbocycles. The number of amides is 1. The van der Waals surface area contributed by atoms with E-state index in [-0.39, 0.29) is 11.4 Å². The molecule has 1 amide bonds. The molecular formula is C20H17FN2O2. The predicted molar refractivity (Wildman–Crippen MR) is 96.3 cm³/mol.